The van der Waals surface area contributed by atoms with Gasteiger partial charge in [-0.05, 0) is 60.5 Å². The van der Waals surface area contributed by atoms with Crippen molar-refractivity contribution in [3.63, 3.8) is 0 Å². The van der Waals surface area contributed by atoms with Crippen LogP contribution in [0.3, 0.4) is 0 Å². The Labute approximate surface area is 130 Å². The molecule has 4 heteroatoms. The third kappa shape index (κ3) is 4.41. The van der Waals surface area contributed by atoms with E-state index in [2.05, 4.69) is 46.1 Å². The molecule has 1 aromatic heterocycles. The summed E-state index contributed by atoms with van der Waals surface area (Å²) in [7, 11) is 1.97. The number of aryl methyl sites for hydroxylation is 1. The molecule has 0 aliphatic rings. The fourth-order valence-corrected chi connectivity index (χ4v) is 2.74. The summed E-state index contributed by atoms with van der Waals surface area (Å²) in [5.74, 6) is 0.0250. The lowest BCUT2D eigenvalue weighted by molar-refractivity contribution is -0.120. The molecule has 0 saturated carbocycles. The van der Waals surface area contributed by atoms with Gasteiger partial charge in [-0.1, -0.05) is 19.1 Å². The minimum atomic E-state index is -0.171. The second kappa shape index (κ2) is 7.38. The van der Waals surface area contributed by atoms with Gasteiger partial charge in [0.1, 0.15) is 0 Å². The standard InChI is InChI=1S/C17H22N2OS/c1-4-14-5-7-16(8-6-14)18-17(20)13(2)19(3)11-15-9-10-21-12-15/h5-10,12-13H,4,11H2,1-3H3,(H,18,20)/t13-/m0/s1. The predicted octanol–water partition coefficient (Wildman–Crippen LogP) is 3.77. The molecule has 1 heterocycles. The number of likely N-dealkylation sites (N-methyl/N-ethyl adjacent to an activating group) is 1. The first-order valence-corrected chi connectivity index (χ1v) is 8.15. The summed E-state index contributed by atoms with van der Waals surface area (Å²) >= 11 is 1.68. The van der Waals surface area contributed by atoms with E-state index < -0.39 is 0 Å². The van der Waals surface area contributed by atoms with Gasteiger partial charge in [-0.25, -0.2) is 0 Å². The molecule has 0 saturated heterocycles. The van der Waals surface area contributed by atoms with Gasteiger partial charge >= 0.3 is 0 Å². The first kappa shape index (κ1) is 15.7. The molecule has 0 radical (unpaired) electrons. The van der Waals surface area contributed by atoms with Gasteiger partial charge in [-0.15, -0.1) is 0 Å². The average Bonchev–Trinajstić information content (AvgIpc) is 3.00. The summed E-state index contributed by atoms with van der Waals surface area (Å²) in [6, 6.07) is 9.95. The zero-order valence-electron chi connectivity index (χ0n) is 12.8. The van der Waals surface area contributed by atoms with Crippen LogP contribution in [-0.4, -0.2) is 23.9 Å². The van der Waals surface area contributed by atoms with E-state index in [0.717, 1.165) is 18.7 Å². The topological polar surface area (TPSA) is 32.3 Å². The number of hydrogen-bond acceptors (Lipinski definition) is 3. The van der Waals surface area contributed by atoms with E-state index in [1.54, 1.807) is 11.3 Å². The quantitative estimate of drug-likeness (QED) is 0.881. The maximum Gasteiger partial charge on any atom is 0.241 e. The largest absolute Gasteiger partial charge is 0.325 e. The Hall–Kier alpha value is -1.65. The van der Waals surface area contributed by atoms with Crippen molar-refractivity contribution in [1.29, 1.82) is 0 Å². The Morgan fingerprint density at radius 3 is 2.52 bits per heavy atom. The van der Waals surface area contributed by atoms with Crippen LogP contribution in [0.4, 0.5) is 5.69 Å². The molecule has 1 amide bonds. The van der Waals surface area contributed by atoms with Gasteiger partial charge in [0.25, 0.3) is 0 Å². The van der Waals surface area contributed by atoms with Crippen molar-refractivity contribution in [1.82, 2.24) is 4.90 Å². The van der Waals surface area contributed by atoms with Crippen LogP contribution in [0.2, 0.25) is 0 Å². The maximum absolute atomic E-state index is 12.3. The van der Waals surface area contributed by atoms with Crippen LogP contribution < -0.4 is 5.32 Å². The van der Waals surface area contributed by atoms with Crippen molar-refractivity contribution in [3.05, 3.63) is 52.2 Å². The Bertz CT molecular complexity index is 563. The third-order valence-electron chi connectivity index (χ3n) is 3.68. The summed E-state index contributed by atoms with van der Waals surface area (Å²) in [5.41, 5.74) is 3.37. The molecule has 0 fully saturated rings. The van der Waals surface area contributed by atoms with Crippen LogP contribution in [0.15, 0.2) is 41.1 Å². The van der Waals surface area contributed by atoms with Crippen molar-refractivity contribution in [2.24, 2.45) is 0 Å². The lowest BCUT2D eigenvalue weighted by atomic mass is 10.1. The summed E-state index contributed by atoms with van der Waals surface area (Å²) in [4.78, 5) is 14.3. The maximum atomic E-state index is 12.3. The molecule has 2 aromatic rings. The molecular weight excluding hydrogens is 280 g/mol. The normalized spacial score (nSPS) is 12.4. The van der Waals surface area contributed by atoms with Crippen LogP contribution in [0, 0.1) is 0 Å². The van der Waals surface area contributed by atoms with Crippen molar-refractivity contribution < 1.29 is 4.79 Å². The number of hydrogen-bond donors (Lipinski definition) is 1. The van der Waals surface area contributed by atoms with E-state index in [-0.39, 0.29) is 11.9 Å². The zero-order chi connectivity index (χ0) is 15.2. The van der Waals surface area contributed by atoms with Crippen LogP contribution in [0.1, 0.15) is 25.0 Å². The van der Waals surface area contributed by atoms with Crippen molar-refractivity contribution in [3.8, 4) is 0 Å². The van der Waals surface area contributed by atoms with Crippen molar-refractivity contribution >= 4 is 22.9 Å². The van der Waals surface area contributed by atoms with Crippen LogP contribution >= 0.6 is 11.3 Å². The van der Waals surface area contributed by atoms with Crippen LogP contribution in [0.5, 0.6) is 0 Å². The van der Waals surface area contributed by atoms with E-state index in [0.29, 0.717) is 0 Å². The smallest absolute Gasteiger partial charge is 0.241 e. The molecule has 21 heavy (non-hydrogen) atoms. The average molecular weight is 302 g/mol. The molecule has 3 nitrogen and oxygen atoms in total. The molecule has 0 aliphatic heterocycles. The summed E-state index contributed by atoms with van der Waals surface area (Å²) < 4.78 is 0. The van der Waals surface area contributed by atoms with Gasteiger partial charge in [0, 0.05) is 12.2 Å². The Morgan fingerprint density at radius 2 is 1.95 bits per heavy atom. The summed E-state index contributed by atoms with van der Waals surface area (Å²) in [5, 5.41) is 7.15. The molecule has 0 spiro atoms. The molecular formula is C17H22N2OS. The van der Waals surface area contributed by atoms with Crippen molar-refractivity contribution in [2.45, 2.75) is 32.9 Å². The van der Waals surface area contributed by atoms with E-state index in [1.165, 1.54) is 11.1 Å². The highest BCUT2D eigenvalue weighted by Crippen LogP contribution is 2.13. The number of carbonyl (C=O) groups excluding carboxylic acids is 1. The van der Waals surface area contributed by atoms with Gasteiger partial charge in [0.05, 0.1) is 6.04 Å². The Balaban J connectivity index is 1.91. The molecule has 1 atom stereocenters. The van der Waals surface area contributed by atoms with Crippen molar-refractivity contribution in [2.75, 3.05) is 12.4 Å². The molecule has 1 N–H and O–H groups in total. The highest BCUT2D eigenvalue weighted by Gasteiger charge is 2.18. The second-order valence-electron chi connectivity index (χ2n) is 5.26. The molecule has 112 valence electrons. The minimum Gasteiger partial charge on any atom is -0.325 e. The van der Waals surface area contributed by atoms with Gasteiger partial charge in [0.15, 0.2) is 0 Å². The predicted molar refractivity (Wildman–Crippen MR) is 89.7 cm³/mol. The SMILES string of the molecule is CCc1ccc(NC(=O)[C@H](C)N(C)Cc2ccsc2)cc1. The number of carbonyl (C=O) groups is 1. The van der Waals surface area contributed by atoms with Gasteiger partial charge in [-0.3, -0.25) is 9.69 Å². The van der Waals surface area contributed by atoms with Gasteiger partial charge in [0.2, 0.25) is 5.91 Å². The zero-order valence-corrected chi connectivity index (χ0v) is 13.6. The molecule has 0 unspecified atom stereocenters. The number of nitrogens with one attached hydrogen (secondary N) is 1. The van der Waals surface area contributed by atoms with Gasteiger partial charge in [-0.2, -0.15) is 11.3 Å². The highest BCUT2D eigenvalue weighted by atomic mass is 32.1. The molecule has 2 rings (SSSR count). The molecule has 0 aliphatic carbocycles. The Kier molecular flexibility index (Phi) is 5.53. The molecule has 0 bridgehead atoms. The van der Waals surface area contributed by atoms with E-state index in [1.807, 2.05) is 26.1 Å². The third-order valence-corrected chi connectivity index (χ3v) is 4.41. The second-order valence-corrected chi connectivity index (χ2v) is 6.04. The lowest BCUT2D eigenvalue weighted by Gasteiger charge is -2.23. The van der Waals surface area contributed by atoms with E-state index >= 15 is 0 Å². The minimum absolute atomic E-state index is 0.0250. The molecule has 1 aromatic carbocycles. The Morgan fingerprint density at radius 1 is 1.24 bits per heavy atom. The first-order valence-electron chi connectivity index (χ1n) is 7.21. The number of anilines is 1. The van der Waals surface area contributed by atoms with Gasteiger partial charge < -0.3 is 5.32 Å². The van der Waals surface area contributed by atoms with Crippen LogP contribution in [-0.2, 0) is 17.8 Å². The number of nitrogens with zero attached hydrogens (tertiary/aromatic N) is 1. The first-order chi connectivity index (χ1) is 10.1. The monoisotopic (exact) mass is 302 g/mol. The number of amides is 1. The number of rotatable bonds is 6. The highest BCUT2D eigenvalue weighted by molar-refractivity contribution is 7.07. The summed E-state index contributed by atoms with van der Waals surface area (Å²) in [6.07, 6.45) is 1.01. The number of thiophene rings is 1. The van der Waals surface area contributed by atoms with Crippen LogP contribution in [0.25, 0.3) is 0 Å². The fraction of sp³-hybridized carbons (Fsp3) is 0.353. The van der Waals surface area contributed by atoms with E-state index in [9.17, 15) is 4.79 Å². The van der Waals surface area contributed by atoms with E-state index in [4.69, 9.17) is 0 Å². The summed E-state index contributed by atoms with van der Waals surface area (Å²) in [6.45, 7) is 4.84. The number of benzene rings is 1. The fourth-order valence-electron chi connectivity index (χ4n) is 2.08. The lowest BCUT2D eigenvalue weighted by Crippen LogP contribution is -2.39.